The van der Waals surface area contributed by atoms with Crippen LogP contribution in [0.25, 0.3) is 11.3 Å². The number of aromatic amines is 1. The van der Waals surface area contributed by atoms with Crippen molar-refractivity contribution >= 4 is 17.6 Å². The highest BCUT2D eigenvalue weighted by molar-refractivity contribution is 6.11. The van der Waals surface area contributed by atoms with Gasteiger partial charge in [-0.3, -0.25) is 14.8 Å². The molecular weight excluding hydrogens is 426 g/mol. The molecule has 1 aliphatic heterocycles. The Labute approximate surface area is 197 Å². The van der Waals surface area contributed by atoms with Gasteiger partial charge in [-0.25, -0.2) is 4.79 Å². The Balaban J connectivity index is 1.67. The van der Waals surface area contributed by atoms with Crippen LogP contribution in [-0.4, -0.2) is 27.2 Å². The summed E-state index contributed by atoms with van der Waals surface area (Å²) in [6, 6.07) is 22.4. The normalized spacial score (nSPS) is 15.1. The Morgan fingerprint density at radius 2 is 1.62 bits per heavy atom. The summed E-state index contributed by atoms with van der Waals surface area (Å²) in [6.45, 7) is 6.33. The molecule has 1 aliphatic rings. The van der Waals surface area contributed by atoms with Crippen molar-refractivity contribution in [2.45, 2.75) is 32.7 Å². The first-order valence-electron chi connectivity index (χ1n) is 11.3. The molecule has 1 amide bonds. The standard InChI is InChI=1S/C28H25N3O3/c1-16(2)18-8-10-20(11-9-18)26-23-24(19-6-4-17(3)5-7-19)29-30-25(23)27(32)31(26)22-14-12-21(13-15-22)28(33)34/h4-16,26H,1-3H3,(H,29,30)(H,33,34)/t26-/m1/s1. The number of nitrogens with zero attached hydrogens (tertiary/aromatic N) is 2. The molecule has 2 N–H and O–H groups in total. The van der Waals surface area contributed by atoms with E-state index >= 15 is 0 Å². The minimum atomic E-state index is -1.00. The van der Waals surface area contributed by atoms with Gasteiger partial charge in [0.15, 0.2) is 0 Å². The van der Waals surface area contributed by atoms with Crippen LogP contribution in [-0.2, 0) is 0 Å². The Morgan fingerprint density at radius 1 is 0.971 bits per heavy atom. The number of carbonyl (C=O) groups excluding carboxylic acids is 1. The molecule has 34 heavy (non-hydrogen) atoms. The number of amides is 1. The average molecular weight is 452 g/mol. The molecule has 1 atom stereocenters. The van der Waals surface area contributed by atoms with Gasteiger partial charge in [0.05, 0.1) is 17.3 Å². The van der Waals surface area contributed by atoms with Crippen LogP contribution in [0.5, 0.6) is 0 Å². The van der Waals surface area contributed by atoms with Crippen LogP contribution < -0.4 is 4.90 Å². The van der Waals surface area contributed by atoms with Gasteiger partial charge in [0, 0.05) is 16.8 Å². The van der Waals surface area contributed by atoms with Gasteiger partial charge in [-0.15, -0.1) is 0 Å². The highest BCUT2D eigenvalue weighted by Crippen LogP contribution is 2.45. The van der Waals surface area contributed by atoms with Crippen LogP contribution in [0.2, 0.25) is 0 Å². The van der Waals surface area contributed by atoms with Gasteiger partial charge in [-0.1, -0.05) is 67.9 Å². The molecule has 0 bridgehead atoms. The number of aryl methyl sites for hydroxylation is 1. The maximum absolute atomic E-state index is 13.6. The number of rotatable bonds is 5. The number of carbonyl (C=O) groups is 2. The molecule has 0 unspecified atom stereocenters. The average Bonchev–Trinajstić information content (AvgIpc) is 3.38. The van der Waals surface area contributed by atoms with Crippen LogP contribution >= 0.6 is 0 Å². The van der Waals surface area contributed by atoms with E-state index in [0.717, 1.165) is 27.9 Å². The van der Waals surface area contributed by atoms with Crippen LogP contribution in [0.1, 0.15) is 68.9 Å². The predicted molar refractivity (Wildman–Crippen MR) is 131 cm³/mol. The largest absolute Gasteiger partial charge is 0.478 e. The number of carboxylic acids is 1. The zero-order valence-electron chi connectivity index (χ0n) is 19.2. The summed E-state index contributed by atoms with van der Waals surface area (Å²) in [5.41, 5.74) is 7.09. The second kappa shape index (κ2) is 8.30. The molecule has 0 spiro atoms. The minimum Gasteiger partial charge on any atom is -0.478 e. The Morgan fingerprint density at radius 3 is 2.21 bits per heavy atom. The van der Waals surface area contributed by atoms with Gasteiger partial charge in [0.25, 0.3) is 5.91 Å². The molecule has 0 saturated heterocycles. The molecule has 6 heteroatoms. The monoisotopic (exact) mass is 451 g/mol. The zero-order valence-corrected chi connectivity index (χ0v) is 19.2. The van der Waals surface area contributed by atoms with E-state index in [4.69, 9.17) is 0 Å². The predicted octanol–water partition coefficient (Wildman–Crippen LogP) is 5.96. The summed E-state index contributed by atoms with van der Waals surface area (Å²) >= 11 is 0. The summed E-state index contributed by atoms with van der Waals surface area (Å²) in [5.74, 6) is -0.801. The highest BCUT2D eigenvalue weighted by Gasteiger charge is 2.43. The van der Waals surface area contributed by atoms with Crippen molar-refractivity contribution in [2.75, 3.05) is 4.90 Å². The fourth-order valence-electron chi connectivity index (χ4n) is 4.49. The van der Waals surface area contributed by atoms with Crippen molar-refractivity contribution in [2.24, 2.45) is 0 Å². The van der Waals surface area contributed by atoms with Gasteiger partial charge < -0.3 is 5.11 Å². The zero-order chi connectivity index (χ0) is 24.0. The molecule has 0 fully saturated rings. The quantitative estimate of drug-likeness (QED) is 0.392. The van der Waals surface area contributed by atoms with E-state index in [1.54, 1.807) is 17.0 Å². The summed E-state index contributed by atoms with van der Waals surface area (Å²) < 4.78 is 0. The Kier molecular flexibility index (Phi) is 5.28. The van der Waals surface area contributed by atoms with Gasteiger partial charge in [0.1, 0.15) is 5.69 Å². The van der Waals surface area contributed by atoms with Crippen molar-refractivity contribution in [1.29, 1.82) is 0 Å². The number of hydrogen-bond acceptors (Lipinski definition) is 3. The lowest BCUT2D eigenvalue weighted by atomic mass is 9.93. The summed E-state index contributed by atoms with van der Waals surface area (Å²) in [6.07, 6.45) is 0. The van der Waals surface area contributed by atoms with Gasteiger partial charge >= 0.3 is 5.97 Å². The molecule has 4 aromatic rings. The summed E-state index contributed by atoms with van der Waals surface area (Å²) in [7, 11) is 0. The first-order valence-corrected chi connectivity index (χ1v) is 11.3. The molecule has 0 saturated carbocycles. The maximum atomic E-state index is 13.6. The minimum absolute atomic E-state index is 0.175. The third-order valence-electron chi connectivity index (χ3n) is 6.40. The van der Waals surface area contributed by atoms with E-state index in [9.17, 15) is 14.7 Å². The third kappa shape index (κ3) is 3.57. The van der Waals surface area contributed by atoms with Crippen LogP contribution in [0, 0.1) is 6.92 Å². The van der Waals surface area contributed by atoms with Crippen molar-refractivity contribution in [3.63, 3.8) is 0 Å². The summed E-state index contributed by atoms with van der Waals surface area (Å²) in [5, 5.41) is 16.8. The lowest BCUT2D eigenvalue weighted by Gasteiger charge is -2.27. The van der Waals surface area contributed by atoms with Crippen molar-refractivity contribution in [1.82, 2.24) is 10.2 Å². The second-order valence-electron chi connectivity index (χ2n) is 8.98. The van der Waals surface area contributed by atoms with Crippen molar-refractivity contribution in [3.8, 4) is 11.3 Å². The third-order valence-corrected chi connectivity index (χ3v) is 6.40. The number of aromatic nitrogens is 2. The number of carboxylic acid groups (broad SMARTS) is 1. The smallest absolute Gasteiger partial charge is 0.335 e. The van der Waals surface area contributed by atoms with Crippen molar-refractivity contribution in [3.05, 3.63) is 106 Å². The van der Waals surface area contributed by atoms with E-state index < -0.39 is 12.0 Å². The van der Waals surface area contributed by atoms with Crippen LogP contribution in [0.3, 0.4) is 0 Å². The van der Waals surface area contributed by atoms with E-state index in [0.29, 0.717) is 17.3 Å². The van der Waals surface area contributed by atoms with E-state index in [1.165, 1.54) is 17.7 Å². The number of fused-ring (bicyclic) bond motifs is 1. The number of nitrogens with one attached hydrogen (secondary N) is 1. The molecule has 2 heterocycles. The summed E-state index contributed by atoms with van der Waals surface area (Å²) in [4.78, 5) is 26.7. The topological polar surface area (TPSA) is 86.3 Å². The van der Waals surface area contributed by atoms with E-state index in [1.807, 2.05) is 31.2 Å². The lowest BCUT2D eigenvalue weighted by molar-refractivity contribution is 0.0696. The SMILES string of the molecule is Cc1ccc(-c2n[nH]c3c2[C@@H](c2ccc(C(C)C)cc2)N(c2ccc(C(=O)O)cc2)C3=O)cc1. The fourth-order valence-corrected chi connectivity index (χ4v) is 4.49. The van der Waals surface area contributed by atoms with Gasteiger partial charge in [-0.2, -0.15) is 5.10 Å². The Bertz CT molecular complexity index is 1370. The molecule has 0 radical (unpaired) electrons. The number of hydrogen-bond donors (Lipinski definition) is 2. The molecule has 0 aliphatic carbocycles. The first kappa shape index (κ1) is 21.6. The molecule has 1 aromatic heterocycles. The number of aromatic carboxylic acids is 1. The fraction of sp³-hybridized carbons (Fsp3) is 0.179. The number of anilines is 1. The number of benzene rings is 3. The van der Waals surface area contributed by atoms with E-state index in [-0.39, 0.29) is 11.5 Å². The van der Waals surface area contributed by atoms with Crippen molar-refractivity contribution < 1.29 is 14.7 Å². The van der Waals surface area contributed by atoms with Gasteiger partial charge in [0.2, 0.25) is 0 Å². The number of H-pyrrole nitrogens is 1. The van der Waals surface area contributed by atoms with Crippen LogP contribution in [0.4, 0.5) is 5.69 Å². The second-order valence-corrected chi connectivity index (χ2v) is 8.98. The maximum Gasteiger partial charge on any atom is 0.335 e. The Hall–Kier alpha value is -4.19. The first-order chi connectivity index (χ1) is 16.3. The molecule has 5 rings (SSSR count). The molecule has 6 nitrogen and oxygen atoms in total. The van der Waals surface area contributed by atoms with E-state index in [2.05, 4.69) is 48.3 Å². The molecule has 170 valence electrons. The van der Waals surface area contributed by atoms with Crippen LogP contribution in [0.15, 0.2) is 72.8 Å². The highest BCUT2D eigenvalue weighted by atomic mass is 16.4. The molecule has 3 aromatic carbocycles. The van der Waals surface area contributed by atoms with Gasteiger partial charge in [-0.05, 0) is 48.2 Å². The lowest BCUT2D eigenvalue weighted by Crippen LogP contribution is -2.29. The molecular formula is C28H25N3O3.